The molecule has 1 fully saturated rings. The second-order valence-corrected chi connectivity index (χ2v) is 9.41. The highest BCUT2D eigenvalue weighted by Crippen LogP contribution is 2.29. The van der Waals surface area contributed by atoms with Crippen LogP contribution in [0, 0.1) is 6.92 Å². The first kappa shape index (κ1) is 21.9. The molecule has 1 saturated heterocycles. The summed E-state index contributed by atoms with van der Waals surface area (Å²) in [5.74, 6) is 0.826. The van der Waals surface area contributed by atoms with Gasteiger partial charge in [0.05, 0.1) is 30.3 Å². The third-order valence-electron chi connectivity index (χ3n) is 5.71. The number of rotatable bonds is 6. The Kier molecular flexibility index (Phi) is 6.30. The maximum absolute atomic E-state index is 12.9. The van der Waals surface area contributed by atoms with Crippen molar-refractivity contribution < 1.29 is 9.53 Å². The highest BCUT2D eigenvalue weighted by Gasteiger charge is 2.17. The molecule has 0 atom stereocenters. The molecule has 4 heterocycles. The van der Waals surface area contributed by atoms with Gasteiger partial charge in [0.2, 0.25) is 0 Å². The fraction of sp³-hybridized carbons (Fsp3) is 0.292. The smallest absolute Gasteiger partial charge is 0.261 e. The fourth-order valence-electron chi connectivity index (χ4n) is 3.93. The molecule has 170 valence electrons. The number of fused-ring (bicyclic) bond motifs is 1. The van der Waals surface area contributed by atoms with E-state index in [1.807, 2.05) is 54.1 Å². The number of aryl methyl sites for hydroxylation is 1. The highest BCUT2D eigenvalue weighted by atomic mass is 35.5. The zero-order valence-electron chi connectivity index (χ0n) is 18.3. The lowest BCUT2D eigenvalue weighted by molar-refractivity contribution is 0.0955. The SMILES string of the molecule is Cc1nn(Cc2ccccc2Cl)c2sc(C(=O)NCc3ccnc(N4CCOCC4)c3)cc12. The molecule has 0 radical (unpaired) electrons. The lowest BCUT2D eigenvalue weighted by Gasteiger charge is -2.28. The Morgan fingerprint density at radius 3 is 2.85 bits per heavy atom. The van der Waals surface area contributed by atoms with E-state index in [1.54, 1.807) is 6.20 Å². The molecule has 0 saturated carbocycles. The number of pyridine rings is 1. The summed E-state index contributed by atoms with van der Waals surface area (Å²) in [4.78, 5) is 21.2. The molecule has 0 spiro atoms. The summed E-state index contributed by atoms with van der Waals surface area (Å²) in [5, 5.41) is 9.40. The number of nitrogens with one attached hydrogen (secondary N) is 1. The van der Waals surface area contributed by atoms with Crippen molar-refractivity contribution in [1.29, 1.82) is 0 Å². The number of benzene rings is 1. The van der Waals surface area contributed by atoms with E-state index in [4.69, 9.17) is 16.3 Å². The number of thiophene rings is 1. The largest absolute Gasteiger partial charge is 0.378 e. The number of hydrogen-bond donors (Lipinski definition) is 1. The number of carbonyl (C=O) groups is 1. The van der Waals surface area contributed by atoms with Gasteiger partial charge >= 0.3 is 0 Å². The predicted molar refractivity (Wildman–Crippen MR) is 131 cm³/mol. The minimum absolute atomic E-state index is 0.0929. The number of amides is 1. The standard InChI is InChI=1S/C24H24ClN5O2S/c1-16-19-13-21(33-24(19)30(28-16)15-18-4-2-3-5-20(18)25)23(31)27-14-17-6-7-26-22(12-17)29-8-10-32-11-9-29/h2-7,12-13H,8-11,14-15H2,1H3,(H,27,31). The molecular formula is C24H24ClN5O2S. The number of hydrogen-bond acceptors (Lipinski definition) is 6. The Hall–Kier alpha value is -2.94. The number of morpholine rings is 1. The van der Waals surface area contributed by atoms with Gasteiger partial charge in [-0.25, -0.2) is 4.98 Å². The van der Waals surface area contributed by atoms with Crippen molar-refractivity contribution in [2.24, 2.45) is 0 Å². The third-order valence-corrected chi connectivity index (χ3v) is 7.22. The molecule has 1 aliphatic heterocycles. The van der Waals surface area contributed by atoms with Crippen LogP contribution in [0.5, 0.6) is 0 Å². The molecule has 1 aromatic carbocycles. The summed E-state index contributed by atoms with van der Waals surface area (Å²) in [7, 11) is 0. The van der Waals surface area contributed by atoms with Gasteiger partial charge in [0, 0.05) is 36.2 Å². The fourth-order valence-corrected chi connectivity index (χ4v) is 5.20. The van der Waals surface area contributed by atoms with E-state index in [9.17, 15) is 4.79 Å². The average Bonchev–Trinajstić information content (AvgIpc) is 3.41. The van der Waals surface area contributed by atoms with Crippen molar-refractivity contribution in [3.63, 3.8) is 0 Å². The van der Waals surface area contributed by atoms with E-state index >= 15 is 0 Å². The molecule has 9 heteroatoms. The van der Waals surface area contributed by atoms with Crippen LogP contribution in [0.1, 0.15) is 26.5 Å². The quantitative estimate of drug-likeness (QED) is 0.445. The zero-order chi connectivity index (χ0) is 22.8. The van der Waals surface area contributed by atoms with Crippen molar-refractivity contribution >= 4 is 44.9 Å². The van der Waals surface area contributed by atoms with Gasteiger partial charge in [0.25, 0.3) is 5.91 Å². The molecule has 1 N–H and O–H groups in total. The first-order chi connectivity index (χ1) is 16.1. The Morgan fingerprint density at radius 2 is 2.03 bits per heavy atom. The summed E-state index contributed by atoms with van der Waals surface area (Å²) in [5.41, 5.74) is 2.91. The maximum Gasteiger partial charge on any atom is 0.261 e. The highest BCUT2D eigenvalue weighted by molar-refractivity contribution is 7.20. The Morgan fingerprint density at radius 1 is 1.21 bits per heavy atom. The van der Waals surface area contributed by atoms with Crippen LogP contribution < -0.4 is 10.2 Å². The van der Waals surface area contributed by atoms with Crippen molar-refractivity contribution in [1.82, 2.24) is 20.1 Å². The second-order valence-electron chi connectivity index (χ2n) is 7.97. The molecule has 5 rings (SSSR count). The monoisotopic (exact) mass is 481 g/mol. The van der Waals surface area contributed by atoms with Gasteiger partial charge in [0.1, 0.15) is 10.6 Å². The lowest BCUT2D eigenvalue weighted by Crippen LogP contribution is -2.36. The van der Waals surface area contributed by atoms with Crippen LogP contribution in [0.15, 0.2) is 48.7 Å². The minimum atomic E-state index is -0.0929. The molecule has 0 aliphatic carbocycles. The van der Waals surface area contributed by atoms with E-state index < -0.39 is 0 Å². The molecular weight excluding hydrogens is 458 g/mol. The van der Waals surface area contributed by atoms with Crippen LogP contribution in [0.4, 0.5) is 5.82 Å². The molecule has 4 aromatic rings. The van der Waals surface area contributed by atoms with Crippen LogP contribution in [0.3, 0.4) is 0 Å². The first-order valence-corrected chi connectivity index (χ1v) is 12.0. The topological polar surface area (TPSA) is 72.3 Å². The number of aromatic nitrogens is 3. The minimum Gasteiger partial charge on any atom is -0.378 e. The average molecular weight is 482 g/mol. The lowest BCUT2D eigenvalue weighted by atomic mass is 10.2. The zero-order valence-corrected chi connectivity index (χ0v) is 19.8. The van der Waals surface area contributed by atoms with Gasteiger partial charge in [-0.1, -0.05) is 29.8 Å². The van der Waals surface area contributed by atoms with Crippen LogP contribution in [-0.4, -0.2) is 47.0 Å². The van der Waals surface area contributed by atoms with E-state index in [0.717, 1.165) is 45.9 Å². The summed E-state index contributed by atoms with van der Waals surface area (Å²) in [6.07, 6.45) is 1.79. The maximum atomic E-state index is 12.9. The van der Waals surface area contributed by atoms with Crippen LogP contribution in [0.2, 0.25) is 5.02 Å². The normalized spacial score (nSPS) is 14.1. The van der Waals surface area contributed by atoms with Crippen LogP contribution >= 0.6 is 22.9 Å². The Bertz CT molecular complexity index is 1300. The van der Waals surface area contributed by atoms with Gasteiger partial charge in [-0.2, -0.15) is 5.10 Å². The summed E-state index contributed by atoms with van der Waals surface area (Å²) in [6, 6.07) is 13.6. The molecule has 7 nitrogen and oxygen atoms in total. The van der Waals surface area contributed by atoms with Crippen molar-refractivity contribution in [3.05, 3.63) is 75.4 Å². The van der Waals surface area contributed by atoms with E-state index in [2.05, 4.69) is 20.3 Å². The number of halogens is 1. The Labute approximate surface area is 200 Å². The van der Waals surface area contributed by atoms with Gasteiger partial charge in [-0.05, 0) is 42.3 Å². The third kappa shape index (κ3) is 4.73. The summed E-state index contributed by atoms with van der Waals surface area (Å²) >= 11 is 7.78. The number of ether oxygens (including phenoxy) is 1. The van der Waals surface area contributed by atoms with Crippen molar-refractivity contribution in [3.8, 4) is 0 Å². The Balaban J connectivity index is 1.30. The van der Waals surface area contributed by atoms with Gasteiger partial charge in [0.15, 0.2) is 0 Å². The molecule has 0 bridgehead atoms. The van der Waals surface area contributed by atoms with Gasteiger partial charge < -0.3 is 15.0 Å². The summed E-state index contributed by atoms with van der Waals surface area (Å²) in [6.45, 7) is 6.04. The van der Waals surface area contributed by atoms with E-state index in [0.29, 0.717) is 36.2 Å². The molecule has 0 unspecified atom stereocenters. The number of anilines is 1. The van der Waals surface area contributed by atoms with Gasteiger partial charge in [-0.3, -0.25) is 9.48 Å². The summed E-state index contributed by atoms with van der Waals surface area (Å²) < 4.78 is 7.34. The molecule has 1 aliphatic rings. The van der Waals surface area contributed by atoms with Gasteiger partial charge in [-0.15, -0.1) is 11.3 Å². The van der Waals surface area contributed by atoms with Crippen molar-refractivity contribution in [2.45, 2.75) is 20.0 Å². The molecule has 1 amide bonds. The predicted octanol–water partition coefficient (Wildman–Crippen LogP) is 4.27. The molecule has 33 heavy (non-hydrogen) atoms. The first-order valence-electron chi connectivity index (χ1n) is 10.8. The molecule has 3 aromatic heterocycles. The van der Waals surface area contributed by atoms with Crippen LogP contribution in [0.25, 0.3) is 10.2 Å². The number of carbonyl (C=O) groups excluding carboxylic acids is 1. The second kappa shape index (κ2) is 9.51. The van der Waals surface area contributed by atoms with Crippen molar-refractivity contribution in [2.75, 3.05) is 31.2 Å². The van der Waals surface area contributed by atoms with Crippen LogP contribution in [-0.2, 0) is 17.8 Å². The van der Waals surface area contributed by atoms with E-state index in [1.165, 1.54) is 11.3 Å². The van der Waals surface area contributed by atoms with E-state index in [-0.39, 0.29) is 5.91 Å². The number of nitrogens with zero attached hydrogens (tertiary/aromatic N) is 4.